The molecule has 84 heavy (non-hydrogen) atoms. The summed E-state index contributed by atoms with van der Waals surface area (Å²) in [6.07, 6.45) is 92.6. The van der Waals surface area contributed by atoms with Crippen LogP contribution in [-0.4, -0.2) is 73.4 Å². The Morgan fingerprint density at radius 2 is 0.714 bits per heavy atom. The van der Waals surface area contributed by atoms with Crippen LogP contribution >= 0.6 is 7.82 Å². The number of phosphoric acid groups is 1. The fraction of sp³-hybridized carbons (Fsp3) is 0.800. The van der Waals surface area contributed by atoms with Crippen LogP contribution in [0.5, 0.6) is 0 Å². The first kappa shape index (κ1) is 81.7. The largest absolute Gasteiger partial charge is 0.472 e. The third-order valence-corrected chi connectivity index (χ3v) is 17.1. The molecule has 1 amide bonds. The molecule has 0 aromatic carbocycles. The zero-order valence-corrected chi connectivity index (χ0v) is 57.0. The number of aliphatic hydroxyl groups excluding tert-OH is 1. The minimum absolute atomic E-state index is 0.0735. The number of hydrogen-bond donors (Lipinski definition) is 3. The van der Waals surface area contributed by atoms with Crippen molar-refractivity contribution in [3.63, 3.8) is 0 Å². The maximum atomic E-state index is 13.1. The lowest BCUT2D eigenvalue weighted by Crippen LogP contribution is -2.46. The monoisotopic (exact) mass is 1200 g/mol. The summed E-state index contributed by atoms with van der Waals surface area (Å²) in [6, 6.07) is -0.766. The molecule has 0 spiro atoms. The number of aliphatic hydroxyl groups is 1. The van der Waals surface area contributed by atoms with E-state index in [2.05, 4.69) is 104 Å². The third kappa shape index (κ3) is 67.2. The van der Waals surface area contributed by atoms with E-state index in [1.165, 1.54) is 225 Å². The number of likely N-dealkylation sites (N-methyl/N-ethyl adjacent to an activating group) is 1. The molecule has 0 radical (unpaired) electrons. The lowest BCUT2D eigenvalue weighted by molar-refractivity contribution is -0.870. The van der Waals surface area contributed by atoms with Crippen molar-refractivity contribution in [3.8, 4) is 0 Å². The van der Waals surface area contributed by atoms with Gasteiger partial charge in [-0.25, -0.2) is 4.57 Å². The van der Waals surface area contributed by atoms with Crippen LogP contribution in [-0.2, 0) is 18.4 Å². The highest BCUT2D eigenvalue weighted by molar-refractivity contribution is 7.47. The number of amides is 1. The zero-order valence-electron chi connectivity index (χ0n) is 56.1. The predicted molar refractivity (Wildman–Crippen MR) is 369 cm³/mol. The van der Waals surface area contributed by atoms with Crippen LogP contribution in [0, 0.1) is 0 Å². The molecular formula is C75H140N2O6P+. The van der Waals surface area contributed by atoms with Gasteiger partial charge in [-0.05, 0) is 70.6 Å². The van der Waals surface area contributed by atoms with Crippen molar-refractivity contribution in [1.82, 2.24) is 5.32 Å². The average molecular weight is 1200 g/mol. The van der Waals surface area contributed by atoms with Crippen molar-refractivity contribution in [3.05, 3.63) is 85.1 Å². The summed E-state index contributed by atoms with van der Waals surface area (Å²) in [5.41, 5.74) is 0. The Morgan fingerprint density at radius 1 is 0.417 bits per heavy atom. The second-order valence-corrected chi connectivity index (χ2v) is 27.0. The van der Waals surface area contributed by atoms with Crippen LogP contribution in [0.3, 0.4) is 0 Å². The SMILES string of the molecule is CC/C=C\C/C=C\C/C=C\C/C=C\C/C=C\C/C=C\C/C=C\CCCCCCCCCCCCCCCCCC(=O)NC(COP(=O)(O)OCC[N+](C)(C)C)C(O)CCCCCCCCCCCCCCCCCCCCCCCCCCC. The quantitative estimate of drug-likeness (QED) is 0.0243. The van der Waals surface area contributed by atoms with E-state index in [1.807, 2.05) is 21.1 Å². The van der Waals surface area contributed by atoms with Crippen LogP contribution in [0.2, 0.25) is 0 Å². The highest BCUT2D eigenvalue weighted by Gasteiger charge is 2.28. The highest BCUT2D eigenvalue weighted by atomic mass is 31.2. The van der Waals surface area contributed by atoms with Gasteiger partial charge in [-0.15, -0.1) is 0 Å². The summed E-state index contributed by atoms with van der Waals surface area (Å²) < 4.78 is 23.9. The van der Waals surface area contributed by atoms with Gasteiger partial charge >= 0.3 is 7.82 Å². The molecule has 490 valence electrons. The smallest absolute Gasteiger partial charge is 0.391 e. The Kier molecular flexibility index (Phi) is 63.3. The number of nitrogens with one attached hydrogen (secondary N) is 1. The second-order valence-electron chi connectivity index (χ2n) is 25.6. The predicted octanol–water partition coefficient (Wildman–Crippen LogP) is 23.1. The van der Waals surface area contributed by atoms with Crippen LogP contribution in [0.4, 0.5) is 0 Å². The van der Waals surface area contributed by atoms with E-state index < -0.39 is 20.0 Å². The molecular weight excluding hydrogens is 1060 g/mol. The molecule has 0 aliphatic rings. The van der Waals surface area contributed by atoms with E-state index in [0.29, 0.717) is 23.9 Å². The molecule has 0 rings (SSSR count). The van der Waals surface area contributed by atoms with E-state index in [1.54, 1.807) is 0 Å². The van der Waals surface area contributed by atoms with Gasteiger partial charge in [0.25, 0.3) is 0 Å². The minimum Gasteiger partial charge on any atom is -0.391 e. The molecule has 0 aromatic rings. The average Bonchev–Trinajstić information content (AvgIpc) is 3.56. The topological polar surface area (TPSA) is 105 Å². The molecule has 0 fully saturated rings. The minimum atomic E-state index is -4.33. The normalized spacial score (nSPS) is 14.1. The Morgan fingerprint density at radius 3 is 1.05 bits per heavy atom. The number of hydrogen-bond acceptors (Lipinski definition) is 5. The van der Waals surface area contributed by atoms with Gasteiger partial charge < -0.3 is 19.8 Å². The van der Waals surface area contributed by atoms with Gasteiger partial charge in [-0.3, -0.25) is 13.8 Å². The van der Waals surface area contributed by atoms with Gasteiger partial charge in [0, 0.05) is 6.42 Å². The van der Waals surface area contributed by atoms with Crippen molar-refractivity contribution in [1.29, 1.82) is 0 Å². The molecule has 0 aliphatic carbocycles. The first-order valence-corrected chi connectivity index (χ1v) is 37.4. The number of nitrogens with zero attached hydrogens (tertiary/aromatic N) is 1. The van der Waals surface area contributed by atoms with Gasteiger partial charge in [0.2, 0.25) is 5.91 Å². The number of unbranched alkanes of at least 4 members (excludes halogenated alkanes) is 39. The van der Waals surface area contributed by atoms with Crippen LogP contribution in [0.15, 0.2) is 85.1 Å². The van der Waals surface area contributed by atoms with E-state index in [0.717, 1.165) is 83.5 Å². The highest BCUT2D eigenvalue weighted by Crippen LogP contribution is 2.43. The summed E-state index contributed by atoms with van der Waals surface area (Å²) in [7, 11) is 1.62. The molecule has 3 N–H and O–H groups in total. The van der Waals surface area contributed by atoms with Crippen molar-refractivity contribution in [2.24, 2.45) is 0 Å². The second kappa shape index (κ2) is 65.1. The Labute approximate surface area is 522 Å². The molecule has 9 heteroatoms. The fourth-order valence-electron chi connectivity index (χ4n) is 10.6. The lowest BCUT2D eigenvalue weighted by atomic mass is 10.0. The lowest BCUT2D eigenvalue weighted by Gasteiger charge is -2.26. The van der Waals surface area contributed by atoms with Crippen LogP contribution < -0.4 is 5.32 Å². The molecule has 3 atom stereocenters. The summed E-state index contributed by atoms with van der Waals surface area (Å²) in [6.45, 7) is 4.81. The van der Waals surface area contributed by atoms with Gasteiger partial charge in [-0.2, -0.15) is 0 Å². The van der Waals surface area contributed by atoms with Crippen LogP contribution in [0.25, 0.3) is 0 Å². The number of allylic oxidation sites excluding steroid dienone is 14. The summed E-state index contributed by atoms with van der Waals surface area (Å²) in [5, 5.41) is 14.2. The molecule has 0 bridgehead atoms. The zero-order chi connectivity index (χ0) is 61.2. The molecule has 8 nitrogen and oxygen atoms in total. The molecule has 0 heterocycles. The third-order valence-electron chi connectivity index (χ3n) is 16.2. The van der Waals surface area contributed by atoms with E-state index in [4.69, 9.17) is 9.05 Å². The molecule has 3 unspecified atom stereocenters. The number of carbonyl (C=O) groups is 1. The first-order chi connectivity index (χ1) is 41.0. The maximum Gasteiger partial charge on any atom is 0.472 e. The van der Waals surface area contributed by atoms with Gasteiger partial charge in [-0.1, -0.05) is 343 Å². The van der Waals surface area contributed by atoms with E-state index >= 15 is 0 Å². The standard InChI is InChI=1S/C75H139N2O6P/c1-6-8-10-12-14-16-18-20-22-24-26-28-30-32-33-34-35-36-37-38-39-40-41-42-43-45-47-49-51-53-55-57-59-61-63-65-67-69-75(79)76-73(72-83-84(80,81)82-71-70-77(3,4)5)74(78)68-66-64-62-60-58-56-54-52-50-48-46-44-31-29-27-25-23-21-19-17-15-13-11-9-7-2/h8,10,14,16,20,22,26,28,32-33,35-36,38-39,73-74,78H,6-7,9,11-13,15,17-19,21,23-25,27,29-31,34,37,40-72H2,1-5H3,(H-,76,79,80,81)/p+1/b10-8-,16-14-,22-20-,28-26-,33-32-,36-35-,39-38-. The van der Waals surface area contributed by atoms with Crippen LogP contribution in [0.1, 0.15) is 335 Å². The molecule has 0 saturated heterocycles. The molecule has 0 aliphatic heterocycles. The van der Waals surface area contributed by atoms with Gasteiger partial charge in [0.15, 0.2) is 0 Å². The Hall–Kier alpha value is -2.32. The van der Waals surface area contributed by atoms with Crippen molar-refractivity contribution >= 4 is 13.7 Å². The van der Waals surface area contributed by atoms with E-state index in [9.17, 15) is 19.4 Å². The Balaban J connectivity index is 4.02. The van der Waals surface area contributed by atoms with E-state index in [-0.39, 0.29) is 19.1 Å². The van der Waals surface area contributed by atoms with Gasteiger partial charge in [0.05, 0.1) is 39.9 Å². The summed E-state index contributed by atoms with van der Waals surface area (Å²) >= 11 is 0. The Bertz CT molecular complexity index is 1650. The molecule has 0 saturated carbocycles. The number of quaternary nitrogens is 1. The molecule has 0 aromatic heterocycles. The number of phosphoric ester groups is 1. The van der Waals surface area contributed by atoms with Gasteiger partial charge in [0.1, 0.15) is 13.2 Å². The first-order valence-electron chi connectivity index (χ1n) is 36.0. The number of rotatable bonds is 66. The summed E-state index contributed by atoms with van der Waals surface area (Å²) in [4.78, 5) is 23.5. The van der Waals surface area contributed by atoms with Crippen molar-refractivity contribution < 1.29 is 32.9 Å². The van der Waals surface area contributed by atoms with Crippen molar-refractivity contribution in [2.45, 2.75) is 347 Å². The maximum absolute atomic E-state index is 13.1. The van der Waals surface area contributed by atoms with Crippen molar-refractivity contribution in [2.75, 3.05) is 40.9 Å². The summed E-state index contributed by atoms with van der Waals surface area (Å²) in [5.74, 6) is -0.142. The fourth-order valence-corrected chi connectivity index (χ4v) is 11.4. The number of carbonyl (C=O) groups excluding carboxylic acids is 1.